The van der Waals surface area contributed by atoms with E-state index in [4.69, 9.17) is 32.4 Å². The highest BCUT2D eigenvalue weighted by atomic mass is 35.5. The molecule has 1 heterocycles. The van der Waals surface area contributed by atoms with Crippen molar-refractivity contribution in [1.29, 1.82) is 0 Å². The smallest absolute Gasteiger partial charge is 0.340 e. The second-order valence-electron chi connectivity index (χ2n) is 6.11. The number of anilines is 1. The molecule has 0 bridgehead atoms. The van der Waals surface area contributed by atoms with E-state index in [1.54, 1.807) is 26.2 Å². The van der Waals surface area contributed by atoms with Crippen LogP contribution in [0.2, 0.25) is 10.0 Å². The number of carbonyl (C=O) groups excluding carboxylic acids is 1. The summed E-state index contributed by atoms with van der Waals surface area (Å²) in [7, 11) is 1.56. The van der Waals surface area contributed by atoms with Gasteiger partial charge in [-0.3, -0.25) is 4.79 Å². The molecule has 0 aliphatic rings. The number of methoxy groups -OCH3 is 1. The lowest BCUT2D eigenvalue weighted by Gasteiger charge is -2.12. The van der Waals surface area contributed by atoms with E-state index in [2.05, 4.69) is 5.32 Å². The van der Waals surface area contributed by atoms with E-state index in [1.165, 1.54) is 6.07 Å². The molecule has 0 saturated heterocycles. The number of halogens is 2. The van der Waals surface area contributed by atoms with Gasteiger partial charge in [0.15, 0.2) is 0 Å². The Kier molecular flexibility index (Phi) is 5.44. The summed E-state index contributed by atoms with van der Waals surface area (Å²) in [5.74, 6) is 0.257. The molecule has 0 fully saturated rings. The third-order valence-corrected chi connectivity index (χ3v) is 4.96. The summed E-state index contributed by atoms with van der Waals surface area (Å²) in [5.41, 5.74) is 2.07. The maximum atomic E-state index is 12.5. The standard InChI is InChI=1S/C20H17Cl2NO4/c1-10-13-5-7-17(26-3)11(2)19(13)27-20(25)14(10)9-18(24)23-16-6-4-12(21)8-15(16)22/h4-8H,9H2,1-3H3,(H,23,24). The first kappa shape index (κ1) is 19.3. The van der Waals surface area contributed by atoms with Crippen molar-refractivity contribution in [2.75, 3.05) is 12.4 Å². The molecule has 7 heteroatoms. The number of nitrogens with one attached hydrogen (secondary N) is 1. The average Bonchev–Trinajstić information content (AvgIpc) is 2.62. The molecule has 0 aliphatic heterocycles. The number of ether oxygens (including phenoxy) is 1. The van der Waals surface area contributed by atoms with Gasteiger partial charge < -0.3 is 14.5 Å². The van der Waals surface area contributed by atoms with E-state index in [-0.39, 0.29) is 12.3 Å². The molecule has 0 unspecified atom stereocenters. The van der Waals surface area contributed by atoms with Crippen LogP contribution in [0.15, 0.2) is 39.5 Å². The molecular weight excluding hydrogens is 389 g/mol. The van der Waals surface area contributed by atoms with Gasteiger partial charge in [0, 0.05) is 16.0 Å². The largest absolute Gasteiger partial charge is 0.496 e. The molecule has 0 atom stereocenters. The molecule has 1 N–H and O–H groups in total. The molecule has 0 spiro atoms. The number of hydrogen-bond acceptors (Lipinski definition) is 4. The Balaban J connectivity index is 1.95. The molecule has 1 amide bonds. The highest BCUT2D eigenvalue weighted by molar-refractivity contribution is 6.36. The van der Waals surface area contributed by atoms with Crippen molar-refractivity contribution in [2.45, 2.75) is 20.3 Å². The minimum absolute atomic E-state index is 0.131. The summed E-state index contributed by atoms with van der Waals surface area (Å²) in [6, 6.07) is 8.38. The predicted molar refractivity (Wildman–Crippen MR) is 107 cm³/mol. The molecule has 0 aliphatic carbocycles. The molecule has 5 nitrogen and oxygen atoms in total. The lowest BCUT2D eigenvalue weighted by molar-refractivity contribution is -0.115. The normalized spacial score (nSPS) is 10.9. The molecule has 3 aromatic rings. The Hall–Kier alpha value is -2.50. The highest BCUT2D eigenvalue weighted by Gasteiger charge is 2.18. The Labute approximate surface area is 165 Å². The lowest BCUT2D eigenvalue weighted by Crippen LogP contribution is -2.21. The molecule has 0 radical (unpaired) electrons. The van der Waals surface area contributed by atoms with Crippen LogP contribution in [0.1, 0.15) is 16.7 Å². The topological polar surface area (TPSA) is 68.5 Å². The summed E-state index contributed by atoms with van der Waals surface area (Å²) >= 11 is 11.9. The second-order valence-corrected chi connectivity index (χ2v) is 6.96. The summed E-state index contributed by atoms with van der Waals surface area (Å²) in [5, 5.41) is 4.24. The lowest BCUT2D eigenvalue weighted by atomic mass is 10.0. The molecular formula is C20H17Cl2NO4. The van der Waals surface area contributed by atoms with Gasteiger partial charge in [-0.05, 0) is 49.7 Å². The van der Waals surface area contributed by atoms with Crippen LogP contribution in [0.25, 0.3) is 11.0 Å². The van der Waals surface area contributed by atoms with Crippen LogP contribution in [0, 0.1) is 13.8 Å². The highest BCUT2D eigenvalue weighted by Crippen LogP contribution is 2.29. The molecule has 1 aromatic heterocycles. The number of fused-ring (bicyclic) bond motifs is 1. The van der Waals surface area contributed by atoms with E-state index in [9.17, 15) is 9.59 Å². The number of rotatable bonds is 4. The van der Waals surface area contributed by atoms with Crippen molar-refractivity contribution in [3.63, 3.8) is 0 Å². The van der Waals surface area contributed by atoms with Gasteiger partial charge in [-0.1, -0.05) is 23.2 Å². The zero-order valence-corrected chi connectivity index (χ0v) is 16.5. The van der Waals surface area contributed by atoms with Gasteiger partial charge in [0.25, 0.3) is 0 Å². The summed E-state index contributed by atoms with van der Waals surface area (Å²) in [4.78, 5) is 24.9. The molecule has 140 valence electrons. The van der Waals surface area contributed by atoms with Crippen LogP contribution in [0.5, 0.6) is 5.75 Å². The van der Waals surface area contributed by atoms with Gasteiger partial charge in [0.2, 0.25) is 5.91 Å². The van der Waals surface area contributed by atoms with Crippen LogP contribution in [0.3, 0.4) is 0 Å². The monoisotopic (exact) mass is 405 g/mol. The van der Waals surface area contributed by atoms with Crippen molar-refractivity contribution in [2.24, 2.45) is 0 Å². The van der Waals surface area contributed by atoms with Crippen LogP contribution in [-0.4, -0.2) is 13.0 Å². The van der Waals surface area contributed by atoms with Gasteiger partial charge in [0.1, 0.15) is 11.3 Å². The van der Waals surface area contributed by atoms with Gasteiger partial charge in [-0.2, -0.15) is 0 Å². The van der Waals surface area contributed by atoms with Gasteiger partial charge in [-0.25, -0.2) is 4.79 Å². The Morgan fingerprint density at radius 1 is 1.15 bits per heavy atom. The minimum Gasteiger partial charge on any atom is -0.496 e. The molecule has 3 rings (SSSR count). The second kappa shape index (κ2) is 7.62. The van der Waals surface area contributed by atoms with E-state index < -0.39 is 5.63 Å². The predicted octanol–water partition coefficient (Wildman–Crippen LogP) is 4.91. The van der Waals surface area contributed by atoms with Crippen LogP contribution < -0.4 is 15.7 Å². The Morgan fingerprint density at radius 2 is 1.89 bits per heavy atom. The molecule has 0 saturated carbocycles. The van der Waals surface area contributed by atoms with Crippen LogP contribution in [0.4, 0.5) is 5.69 Å². The fraction of sp³-hybridized carbons (Fsp3) is 0.200. The Morgan fingerprint density at radius 3 is 2.56 bits per heavy atom. The van der Waals surface area contributed by atoms with E-state index in [0.717, 1.165) is 10.9 Å². The first-order chi connectivity index (χ1) is 12.8. The SMILES string of the molecule is COc1ccc2c(C)c(CC(=O)Nc3ccc(Cl)cc3Cl)c(=O)oc2c1C. The molecule has 2 aromatic carbocycles. The van der Waals surface area contributed by atoms with Gasteiger partial charge >= 0.3 is 5.63 Å². The number of carbonyl (C=O) groups is 1. The van der Waals surface area contributed by atoms with E-state index >= 15 is 0 Å². The van der Waals surface area contributed by atoms with Crippen molar-refractivity contribution in [1.82, 2.24) is 0 Å². The maximum absolute atomic E-state index is 12.5. The minimum atomic E-state index is -0.547. The average molecular weight is 406 g/mol. The fourth-order valence-corrected chi connectivity index (χ4v) is 3.40. The third kappa shape index (κ3) is 3.80. The van der Waals surface area contributed by atoms with E-state index in [0.29, 0.717) is 38.2 Å². The van der Waals surface area contributed by atoms with E-state index in [1.807, 2.05) is 19.1 Å². The van der Waals surface area contributed by atoms with Crippen molar-refractivity contribution >= 4 is 45.8 Å². The van der Waals surface area contributed by atoms with Gasteiger partial charge in [-0.15, -0.1) is 0 Å². The number of aryl methyl sites for hydroxylation is 2. The zero-order chi connectivity index (χ0) is 19.7. The fourth-order valence-electron chi connectivity index (χ4n) is 2.94. The summed E-state index contributed by atoms with van der Waals surface area (Å²) in [6.45, 7) is 3.61. The number of amides is 1. The van der Waals surface area contributed by atoms with Crippen molar-refractivity contribution < 1.29 is 13.9 Å². The summed E-state index contributed by atoms with van der Waals surface area (Å²) < 4.78 is 10.7. The van der Waals surface area contributed by atoms with Crippen LogP contribution >= 0.6 is 23.2 Å². The van der Waals surface area contributed by atoms with Crippen molar-refractivity contribution in [3.8, 4) is 5.75 Å². The summed E-state index contributed by atoms with van der Waals surface area (Å²) in [6.07, 6.45) is -0.131. The quantitative estimate of drug-likeness (QED) is 0.626. The third-order valence-electron chi connectivity index (χ3n) is 4.42. The maximum Gasteiger partial charge on any atom is 0.340 e. The van der Waals surface area contributed by atoms with Gasteiger partial charge in [0.05, 0.1) is 29.8 Å². The van der Waals surface area contributed by atoms with Crippen molar-refractivity contribution in [3.05, 3.63) is 67.5 Å². The van der Waals surface area contributed by atoms with Crippen LogP contribution in [-0.2, 0) is 11.2 Å². The molecule has 27 heavy (non-hydrogen) atoms. The first-order valence-electron chi connectivity index (χ1n) is 8.16. The number of hydrogen-bond donors (Lipinski definition) is 1. The first-order valence-corrected chi connectivity index (χ1v) is 8.92. The zero-order valence-electron chi connectivity index (χ0n) is 15.0. The Bertz CT molecular complexity index is 1110. The number of benzene rings is 2.